The summed E-state index contributed by atoms with van der Waals surface area (Å²) in [6.07, 6.45) is 0.405. The molecule has 1 atom stereocenters. The molecule has 0 aromatic rings. The zero-order valence-corrected chi connectivity index (χ0v) is 10.8. The van der Waals surface area contributed by atoms with Crippen molar-refractivity contribution in [3.63, 3.8) is 0 Å². The van der Waals surface area contributed by atoms with Gasteiger partial charge in [-0.05, 0) is 26.7 Å². The monoisotopic (exact) mass is 260 g/mol. The highest BCUT2D eigenvalue weighted by Crippen LogP contribution is 2.16. The van der Waals surface area contributed by atoms with Gasteiger partial charge in [-0.25, -0.2) is 0 Å². The average Bonchev–Trinajstić information content (AvgIpc) is 2.29. The van der Waals surface area contributed by atoms with E-state index in [1.54, 1.807) is 13.8 Å². The standard InChI is InChI=1S/C12H20O6/c1-3-17-11(15)8-6-9(5-7-10(13)14)12(16)18-4-2/h9H,3-8H2,1-2H3,(H,13,14). The Kier molecular flexibility index (Phi) is 8.61. The maximum Gasteiger partial charge on any atom is 0.308 e. The highest BCUT2D eigenvalue weighted by atomic mass is 16.5. The number of carboxylic acid groups (broad SMARTS) is 1. The number of aliphatic carboxylic acids is 1. The first kappa shape index (κ1) is 16.4. The molecular weight excluding hydrogens is 240 g/mol. The van der Waals surface area contributed by atoms with Gasteiger partial charge in [0.15, 0.2) is 0 Å². The van der Waals surface area contributed by atoms with Gasteiger partial charge in [0.1, 0.15) is 0 Å². The summed E-state index contributed by atoms with van der Waals surface area (Å²) >= 11 is 0. The van der Waals surface area contributed by atoms with Gasteiger partial charge in [0.2, 0.25) is 0 Å². The van der Waals surface area contributed by atoms with Crippen molar-refractivity contribution in [1.82, 2.24) is 0 Å². The molecule has 6 heteroatoms. The largest absolute Gasteiger partial charge is 0.481 e. The molecule has 0 bridgehead atoms. The number of carboxylic acids is 1. The Hall–Kier alpha value is -1.59. The van der Waals surface area contributed by atoms with Crippen molar-refractivity contribution in [1.29, 1.82) is 0 Å². The minimum Gasteiger partial charge on any atom is -0.481 e. The SMILES string of the molecule is CCOC(=O)CCC(CCC(=O)O)C(=O)OCC. The predicted octanol–water partition coefficient (Wildman–Crippen LogP) is 1.37. The molecule has 0 saturated heterocycles. The van der Waals surface area contributed by atoms with E-state index in [9.17, 15) is 14.4 Å². The smallest absolute Gasteiger partial charge is 0.308 e. The Bertz CT molecular complexity index is 286. The summed E-state index contributed by atoms with van der Waals surface area (Å²) in [6.45, 7) is 3.91. The highest BCUT2D eigenvalue weighted by Gasteiger charge is 2.22. The minimum atomic E-state index is -0.972. The molecule has 0 aliphatic heterocycles. The number of esters is 2. The lowest BCUT2D eigenvalue weighted by atomic mass is 9.97. The van der Waals surface area contributed by atoms with Crippen molar-refractivity contribution in [2.45, 2.75) is 39.5 Å². The maximum atomic E-state index is 11.6. The number of ether oxygens (including phenoxy) is 2. The molecule has 0 fully saturated rings. The first-order valence-corrected chi connectivity index (χ1v) is 6.05. The molecular formula is C12H20O6. The number of hydrogen-bond donors (Lipinski definition) is 1. The van der Waals surface area contributed by atoms with Crippen LogP contribution in [0.5, 0.6) is 0 Å². The highest BCUT2D eigenvalue weighted by molar-refractivity contribution is 5.75. The van der Waals surface area contributed by atoms with Crippen LogP contribution in [0.25, 0.3) is 0 Å². The van der Waals surface area contributed by atoms with Gasteiger partial charge in [0.25, 0.3) is 0 Å². The fraction of sp³-hybridized carbons (Fsp3) is 0.750. The van der Waals surface area contributed by atoms with Gasteiger partial charge in [-0.3, -0.25) is 14.4 Å². The quantitative estimate of drug-likeness (QED) is 0.630. The van der Waals surface area contributed by atoms with Crippen LogP contribution in [-0.4, -0.2) is 36.2 Å². The number of carbonyl (C=O) groups is 3. The van der Waals surface area contributed by atoms with Gasteiger partial charge in [0, 0.05) is 12.8 Å². The molecule has 0 aromatic carbocycles. The molecule has 0 heterocycles. The van der Waals surface area contributed by atoms with Crippen LogP contribution in [0.1, 0.15) is 39.5 Å². The van der Waals surface area contributed by atoms with Crippen LogP contribution in [0, 0.1) is 5.92 Å². The van der Waals surface area contributed by atoms with E-state index in [4.69, 9.17) is 14.6 Å². The second-order valence-electron chi connectivity index (χ2n) is 3.73. The topological polar surface area (TPSA) is 89.9 Å². The molecule has 0 amide bonds. The van der Waals surface area contributed by atoms with Crippen molar-refractivity contribution >= 4 is 17.9 Å². The Morgan fingerprint density at radius 2 is 1.56 bits per heavy atom. The molecule has 0 aliphatic rings. The van der Waals surface area contributed by atoms with Crippen LogP contribution in [0.4, 0.5) is 0 Å². The van der Waals surface area contributed by atoms with Gasteiger partial charge in [-0.1, -0.05) is 0 Å². The lowest BCUT2D eigenvalue weighted by molar-refractivity contribution is -0.149. The summed E-state index contributed by atoms with van der Waals surface area (Å²) in [7, 11) is 0. The average molecular weight is 260 g/mol. The molecule has 0 spiro atoms. The van der Waals surface area contributed by atoms with Crippen LogP contribution in [0.2, 0.25) is 0 Å². The first-order valence-electron chi connectivity index (χ1n) is 6.05. The maximum absolute atomic E-state index is 11.6. The van der Waals surface area contributed by atoms with E-state index in [0.717, 1.165) is 0 Å². The molecule has 0 radical (unpaired) electrons. The van der Waals surface area contributed by atoms with E-state index in [0.29, 0.717) is 0 Å². The molecule has 1 unspecified atom stereocenters. The Morgan fingerprint density at radius 3 is 2.06 bits per heavy atom. The first-order chi connectivity index (χ1) is 8.51. The predicted molar refractivity (Wildman–Crippen MR) is 62.9 cm³/mol. The Morgan fingerprint density at radius 1 is 1.00 bits per heavy atom. The molecule has 1 N–H and O–H groups in total. The van der Waals surface area contributed by atoms with Crippen molar-refractivity contribution in [3.8, 4) is 0 Å². The van der Waals surface area contributed by atoms with Gasteiger partial charge in [0.05, 0.1) is 19.1 Å². The second-order valence-corrected chi connectivity index (χ2v) is 3.73. The number of carbonyl (C=O) groups excluding carboxylic acids is 2. The zero-order chi connectivity index (χ0) is 14.0. The summed E-state index contributed by atoms with van der Waals surface area (Å²) < 4.78 is 9.59. The van der Waals surface area contributed by atoms with Gasteiger partial charge < -0.3 is 14.6 Å². The summed E-state index contributed by atoms with van der Waals surface area (Å²) in [6, 6.07) is 0. The van der Waals surface area contributed by atoms with E-state index in [1.807, 2.05) is 0 Å². The Balaban J connectivity index is 4.23. The van der Waals surface area contributed by atoms with Crippen molar-refractivity contribution in [2.75, 3.05) is 13.2 Å². The molecule has 0 rings (SSSR count). The van der Waals surface area contributed by atoms with Crippen molar-refractivity contribution in [3.05, 3.63) is 0 Å². The summed E-state index contributed by atoms with van der Waals surface area (Å²) in [5, 5.41) is 8.59. The zero-order valence-electron chi connectivity index (χ0n) is 10.8. The summed E-state index contributed by atoms with van der Waals surface area (Å²) in [4.78, 5) is 33.2. The fourth-order valence-electron chi connectivity index (χ4n) is 1.46. The van der Waals surface area contributed by atoms with Gasteiger partial charge in [-0.15, -0.1) is 0 Å². The lowest BCUT2D eigenvalue weighted by Gasteiger charge is -2.13. The van der Waals surface area contributed by atoms with Gasteiger partial charge in [-0.2, -0.15) is 0 Å². The van der Waals surface area contributed by atoms with E-state index >= 15 is 0 Å². The molecule has 0 aromatic heterocycles. The van der Waals surface area contributed by atoms with Crippen LogP contribution in [0.15, 0.2) is 0 Å². The molecule has 0 saturated carbocycles. The number of hydrogen-bond acceptors (Lipinski definition) is 5. The number of rotatable bonds is 9. The van der Waals surface area contributed by atoms with Crippen LogP contribution in [0.3, 0.4) is 0 Å². The third-order valence-electron chi connectivity index (χ3n) is 2.33. The van der Waals surface area contributed by atoms with Gasteiger partial charge >= 0.3 is 17.9 Å². The van der Waals surface area contributed by atoms with Crippen LogP contribution < -0.4 is 0 Å². The second kappa shape index (κ2) is 9.44. The fourth-order valence-corrected chi connectivity index (χ4v) is 1.46. The molecule has 0 aliphatic carbocycles. The lowest BCUT2D eigenvalue weighted by Crippen LogP contribution is -2.20. The minimum absolute atomic E-state index is 0.0942. The molecule has 6 nitrogen and oxygen atoms in total. The van der Waals surface area contributed by atoms with E-state index < -0.39 is 17.9 Å². The molecule has 104 valence electrons. The normalized spacial score (nSPS) is 11.7. The summed E-state index contributed by atoms with van der Waals surface area (Å²) in [5.74, 6) is -2.38. The van der Waals surface area contributed by atoms with Crippen LogP contribution >= 0.6 is 0 Å². The van der Waals surface area contributed by atoms with Crippen molar-refractivity contribution < 1.29 is 29.0 Å². The van der Waals surface area contributed by atoms with Crippen LogP contribution in [-0.2, 0) is 23.9 Å². The van der Waals surface area contributed by atoms with Crippen molar-refractivity contribution in [2.24, 2.45) is 5.92 Å². The third-order valence-corrected chi connectivity index (χ3v) is 2.33. The third kappa shape index (κ3) is 7.65. The van der Waals surface area contributed by atoms with E-state index in [-0.39, 0.29) is 44.9 Å². The van der Waals surface area contributed by atoms with E-state index in [1.165, 1.54) is 0 Å². The summed E-state index contributed by atoms with van der Waals surface area (Å²) in [5.41, 5.74) is 0. The molecule has 18 heavy (non-hydrogen) atoms. The van der Waals surface area contributed by atoms with E-state index in [2.05, 4.69) is 0 Å². The Labute approximate surface area is 106 Å².